The average molecular weight is 587 g/mol. The molecule has 5 rings (SSSR count). The number of carbonyl (C=O) groups is 1. The third-order valence-electron chi connectivity index (χ3n) is 6.44. The van der Waals surface area contributed by atoms with Gasteiger partial charge >= 0.3 is 0 Å². The Labute approximate surface area is 239 Å². The molecule has 0 aliphatic carbocycles. The zero-order chi connectivity index (χ0) is 26.9. The Bertz CT molecular complexity index is 1570. The lowest BCUT2D eigenvalue weighted by molar-refractivity contribution is 0.0985. The lowest BCUT2D eigenvalue weighted by atomic mass is 10.2. The number of rotatable bonds is 9. The fourth-order valence-corrected chi connectivity index (χ4v) is 6.98. The van der Waals surface area contributed by atoms with E-state index in [4.69, 9.17) is 9.72 Å². The van der Waals surface area contributed by atoms with Crippen LogP contribution in [0, 0.1) is 0 Å². The Morgan fingerprint density at radius 2 is 1.79 bits per heavy atom. The highest BCUT2D eigenvalue weighted by Crippen LogP contribution is 2.34. The van der Waals surface area contributed by atoms with E-state index in [9.17, 15) is 13.2 Å². The van der Waals surface area contributed by atoms with Crippen LogP contribution in [0.25, 0.3) is 10.2 Å². The minimum atomic E-state index is -3.74. The van der Waals surface area contributed by atoms with Crippen LogP contribution in [0.5, 0.6) is 5.75 Å². The second-order valence-corrected chi connectivity index (χ2v) is 12.2. The van der Waals surface area contributed by atoms with E-state index in [0.717, 1.165) is 21.5 Å². The van der Waals surface area contributed by atoms with Crippen molar-refractivity contribution in [2.24, 2.45) is 0 Å². The molecule has 39 heavy (non-hydrogen) atoms. The molecule has 0 fully saturated rings. The van der Waals surface area contributed by atoms with Crippen molar-refractivity contribution in [1.29, 1.82) is 0 Å². The number of nitrogens with zero attached hydrogens (tertiary/aromatic N) is 4. The maximum Gasteiger partial charge on any atom is 0.264 e. The van der Waals surface area contributed by atoms with Crippen molar-refractivity contribution in [1.82, 2.24) is 9.88 Å². The van der Waals surface area contributed by atoms with Crippen molar-refractivity contribution in [3.8, 4) is 5.75 Å². The number of likely N-dealkylation sites (N-methyl/N-ethyl adjacent to an activating group) is 1. The molecule has 1 aliphatic heterocycles. The van der Waals surface area contributed by atoms with Crippen molar-refractivity contribution in [2.75, 3.05) is 49.5 Å². The second kappa shape index (κ2) is 11.9. The van der Waals surface area contributed by atoms with Crippen LogP contribution in [-0.4, -0.2) is 64.5 Å². The van der Waals surface area contributed by atoms with Crippen molar-refractivity contribution < 1.29 is 17.9 Å². The van der Waals surface area contributed by atoms with Crippen LogP contribution in [0.2, 0.25) is 0 Å². The van der Waals surface area contributed by atoms with Gasteiger partial charge < -0.3 is 9.64 Å². The summed E-state index contributed by atoms with van der Waals surface area (Å²) in [4.78, 5) is 22.2. The zero-order valence-electron chi connectivity index (χ0n) is 22.0. The highest BCUT2D eigenvalue weighted by atomic mass is 35.5. The fourth-order valence-electron chi connectivity index (χ4n) is 4.46. The van der Waals surface area contributed by atoms with E-state index in [1.165, 1.54) is 27.8 Å². The van der Waals surface area contributed by atoms with Gasteiger partial charge in [0.15, 0.2) is 5.13 Å². The average Bonchev–Trinajstić information content (AvgIpc) is 3.53. The Morgan fingerprint density at radius 1 is 1.05 bits per heavy atom. The smallest absolute Gasteiger partial charge is 0.264 e. The molecule has 0 saturated carbocycles. The molecule has 0 N–H and O–H groups in total. The normalized spacial score (nSPS) is 12.9. The lowest BCUT2D eigenvalue weighted by Gasteiger charge is -2.22. The Hall–Kier alpha value is -3.18. The number of fused-ring (bicyclic) bond motifs is 2. The fraction of sp³-hybridized carbons (Fsp3) is 0.286. The molecule has 8 nitrogen and oxygen atoms in total. The summed E-state index contributed by atoms with van der Waals surface area (Å²) in [7, 11) is 0.165. The number of benzene rings is 3. The molecule has 1 aliphatic rings. The Balaban J connectivity index is 0.00000353. The molecular weight excluding hydrogens is 556 g/mol. The van der Waals surface area contributed by atoms with Gasteiger partial charge in [-0.15, -0.1) is 12.4 Å². The maximum atomic E-state index is 13.7. The van der Waals surface area contributed by atoms with Crippen molar-refractivity contribution in [3.63, 3.8) is 0 Å². The predicted octanol–water partition coefficient (Wildman–Crippen LogP) is 5.08. The molecule has 1 aromatic heterocycles. The summed E-state index contributed by atoms with van der Waals surface area (Å²) >= 11 is 1.43. The maximum absolute atomic E-state index is 13.7. The number of hydrogen-bond donors (Lipinski definition) is 0. The van der Waals surface area contributed by atoms with E-state index in [2.05, 4.69) is 0 Å². The standard InChI is InChI=1S/C28H30N4O4S2.ClH/c1-4-36-22-11-14-24-26(19-22)37-28(29-24)31(18-17-30(2)3)27(33)21-9-12-23(13-10-21)38(34,35)32-16-15-20-7-5-6-8-25(20)32;/h5-14,19H,4,15-18H2,1-3H3;1H. The summed E-state index contributed by atoms with van der Waals surface area (Å²) in [6.45, 7) is 4.00. The molecule has 0 spiro atoms. The molecule has 206 valence electrons. The van der Waals surface area contributed by atoms with Gasteiger partial charge in [0.05, 0.1) is 27.4 Å². The third-order valence-corrected chi connectivity index (χ3v) is 9.31. The number of carbonyl (C=O) groups excluding carboxylic acids is 1. The van der Waals surface area contributed by atoms with E-state index in [-0.39, 0.29) is 23.2 Å². The number of halogens is 1. The summed E-state index contributed by atoms with van der Waals surface area (Å²) in [5, 5.41) is 0.589. The molecule has 0 radical (unpaired) electrons. The quantitative estimate of drug-likeness (QED) is 0.272. The first kappa shape index (κ1) is 28.8. The van der Waals surface area contributed by atoms with Crippen LogP contribution >= 0.6 is 23.7 Å². The number of ether oxygens (including phenoxy) is 1. The SMILES string of the molecule is CCOc1ccc2nc(N(CCN(C)C)C(=O)c3ccc(S(=O)(=O)N4CCc5ccccc54)cc3)sc2c1.Cl. The zero-order valence-corrected chi connectivity index (χ0v) is 24.5. The lowest BCUT2D eigenvalue weighted by Crippen LogP contribution is -2.36. The molecule has 1 amide bonds. The largest absolute Gasteiger partial charge is 0.494 e. The topological polar surface area (TPSA) is 83.0 Å². The van der Waals surface area contributed by atoms with Gasteiger partial charge in [-0.2, -0.15) is 0 Å². The summed E-state index contributed by atoms with van der Waals surface area (Å²) < 4.78 is 34.8. The molecule has 11 heteroatoms. The number of para-hydroxylation sites is 1. The van der Waals surface area contributed by atoms with E-state index >= 15 is 0 Å². The molecule has 0 saturated heterocycles. The van der Waals surface area contributed by atoms with Crippen molar-refractivity contribution >= 4 is 60.7 Å². The van der Waals surface area contributed by atoms with E-state index in [1.54, 1.807) is 17.0 Å². The summed E-state index contributed by atoms with van der Waals surface area (Å²) in [6.07, 6.45) is 0.682. The number of amides is 1. The monoisotopic (exact) mass is 586 g/mol. The number of hydrogen-bond acceptors (Lipinski definition) is 7. The second-order valence-electron chi connectivity index (χ2n) is 9.30. The van der Waals surface area contributed by atoms with Crippen molar-refractivity contribution in [3.05, 3.63) is 77.9 Å². The van der Waals surface area contributed by atoms with Gasteiger partial charge in [-0.3, -0.25) is 14.0 Å². The first-order valence-electron chi connectivity index (χ1n) is 12.5. The van der Waals surface area contributed by atoms with Gasteiger partial charge in [0.2, 0.25) is 0 Å². The third kappa shape index (κ3) is 5.89. The van der Waals surface area contributed by atoms with E-state index in [0.29, 0.717) is 49.0 Å². The highest BCUT2D eigenvalue weighted by Gasteiger charge is 2.31. The van der Waals surface area contributed by atoms with Gasteiger partial charge in [0.25, 0.3) is 15.9 Å². The van der Waals surface area contributed by atoms with Gasteiger partial charge in [0.1, 0.15) is 5.75 Å². The van der Waals surface area contributed by atoms with Gasteiger partial charge in [-0.1, -0.05) is 29.5 Å². The van der Waals surface area contributed by atoms with Crippen LogP contribution in [0.1, 0.15) is 22.8 Å². The molecular formula is C28H31ClN4O4S2. The Kier molecular flexibility index (Phi) is 8.80. The van der Waals surface area contributed by atoms with Gasteiger partial charge in [-0.25, -0.2) is 13.4 Å². The number of aromatic nitrogens is 1. The molecule has 4 aromatic rings. The van der Waals surface area contributed by atoms with Gasteiger partial charge in [-0.05, 0) is 81.5 Å². The van der Waals surface area contributed by atoms with E-state index < -0.39 is 10.0 Å². The molecule has 0 unspecified atom stereocenters. The first-order chi connectivity index (χ1) is 18.3. The minimum Gasteiger partial charge on any atom is -0.494 e. The first-order valence-corrected chi connectivity index (χ1v) is 14.7. The van der Waals surface area contributed by atoms with Crippen LogP contribution < -0.4 is 13.9 Å². The summed E-state index contributed by atoms with van der Waals surface area (Å²) in [5.74, 6) is 0.533. The highest BCUT2D eigenvalue weighted by molar-refractivity contribution is 7.92. The van der Waals surface area contributed by atoms with Gasteiger partial charge in [0, 0.05) is 25.2 Å². The van der Waals surface area contributed by atoms with Crippen LogP contribution in [-0.2, 0) is 16.4 Å². The molecule has 3 aromatic carbocycles. The molecule has 2 heterocycles. The number of sulfonamides is 1. The number of thiazole rings is 1. The minimum absolute atomic E-state index is 0. The Morgan fingerprint density at radius 3 is 2.51 bits per heavy atom. The van der Waals surface area contributed by atoms with E-state index in [1.807, 2.05) is 68.4 Å². The van der Waals surface area contributed by atoms with Crippen LogP contribution in [0.15, 0.2) is 71.6 Å². The van der Waals surface area contributed by atoms with Crippen molar-refractivity contribution in [2.45, 2.75) is 18.2 Å². The van der Waals surface area contributed by atoms with Crippen LogP contribution in [0.4, 0.5) is 10.8 Å². The molecule has 0 bridgehead atoms. The number of anilines is 2. The summed E-state index contributed by atoms with van der Waals surface area (Å²) in [6, 6.07) is 19.4. The predicted molar refractivity (Wildman–Crippen MR) is 159 cm³/mol. The van der Waals surface area contributed by atoms with Crippen LogP contribution in [0.3, 0.4) is 0 Å². The molecule has 0 atom stereocenters. The summed E-state index contributed by atoms with van der Waals surface area (Å²) in [5.41, 5.74) is 2.93.